The van der Waals surface area contributed by atoms with Crippen molar-refractivity contribution in [2.45, 2.75) is 162 Å². The van der Waals surface area contributed by atoms with Gasteiger partial charge in [-0.1, -0.05) is 91.6 Å². The molecule has 2 aliphatic heterocycles. The lowest BCUT2D eigenvalue weighted by molar-refractivity contribution is -0.197. The number of carbonyl (C=O) groups excluding carboxylic acids is 7. The van der Waals surface area contributed by atoms with Crippen LogP contribution < -0.4 is 10.6 Å². The second-order valence-electron chi connectivity index (χ2n) is 18.9. The van der Waals surface area contributed by atoms with E-state index in [-0.39, 0.29) is 67.6 Å². The number of imide groups is 1. The van der Waals surface area contributed by atoms with Crippen LogP contribution in [0.25, 0.3) is 0 Å². The maximum Gasteiger partial charge on any atom is 0.333 e. The maximum atomic E-state index is 14.6. The topological polar surface area (TPSA) is 222 Å². The molecule has 18 nitrogen and oxygen atoms in total. The third-order valence-electron chi connectivity index (χ3n) is 13.4. The number of unbranched alkanes of at least 4 members (excludes halogenated alkanes) is 2. The number of nitrogens with zero attached hydrogens (tertiary/aromatic N) is 4. The van der Waals surface area contributed by atoms with E-state index >= 15 is 0 Å². The van der Waals surface area contributed by atoms with Crippen LogP contribution in [-0.4, -0.2) is 156 Å². The summed E-state index contributed by atoms with van der Waals surface area (Å²) in [6, 6.07) is 5.41. The number of carbonyl (C=O) groups is 8. The lowest BCUT2D eigenvalue weighted by Crippen LogP contribution is -2.60. The van der Waals surface area contributed by atoms with E-state index in [9.17, 15) is 43.5 Å². The average molecular weight is 943 g/mol. The third kappa shape index (κ3) is 15.8. The molecular formula is C49H78N6O12. The summed E-state index contributed by atoms with van der Waals surface area (Å²) < 4.78 is 11.9. The van der Waals surface area contributed by atoms with Gasteiger partial charge in [-0.2, -0.15) is 0 Å². The van der Waals surface area contributed by atoms with E-state index in [1.54, 1.807) is 48.0 Å². The van der Waals surface area contributed by atoms with Crippen molar-refractivity contribution < 1.29 is 57.8 Å². The second-order valence-corrected chi connectivity index (χ2v) is 18.9. The summed E-state index contributed by atoms with van der Waals surface area (Å²) in [5.74, 6) is -5.50. The fraction of sp³-hybridized carbons (Fsp3) is 0.714. The predicted molar refractivity (Wildman–Crippen MR) is 250 cm³/mol. The summed E-state index contributed by atoms with van der Waals surface area (Å²) >= 11 is 0. The molecule has 2 saturated heterocycles. The van der Waals surface area contributed by atoms with E-state index in [1.165, 1.54) is 14.2 Å². The number of nitrogens with one attached hydrogen (secondary N) is 2. The van der Waals surface area contributed by atoms with Crippen LogP contribution in [0.3, 0.4) is 0 Å². The number of hydrogen-bond acceptors (Lipinski definition) is 12. The number of carboxylic acid groups (broad SMARTS) is 1. The minimum Gasteiger partial charge on any atom is -0.480 e. The van der Waals surface area contributed by atoms with Gasteiger partial charge in [0, 0.05) is 53.5 Å². The summed E-state index contributed by atoms with van der Waals surface area (Å²) in [5.41, 5.74) is 0.766. The Hall–Kier alpha value is -4.94. The van der Waals surface area contributed by atoms with Crippen LogP contribution in [0.4, 0.5) is 0 Å². The van der Waals surface area contributed by atoms with Gasteiger partial charge in [-0.25, -0.2) is 9.59 Å². The Morgan fingerprint density at radius 2 is 1.49 bits per heavy atom. The van der Waals surface area contributed by atoms with Crippen molar-refractivity contribution in [3.63, 3.8) is 0 Å². The Kier molecular flexibility index (Phi) is 22.9. The van der Waals surface area contributed by atoms with Crippen LogP contribution in [0.5, 0.6) is 0 Å². The molecule has 1 aromatic carbocycles. The molecule has 0 saturated carbocycles. The highest BCUT2D eigenvalue weighted by Crippen LogP contribution is 2.30. The monoisotopic (exact) mass is 943 g/mol. The summed E-state index contributed by atoms with van der Waals surface area (Å²) in [6.07, 6.45) is 2.37. The zero-order valence-corrected chi connectivity index (χ0v) is 41.7. The molecule has 3 N–H and O–H groups in total. The molecule has 67 heavy (non-hydrogen) atoms. The molecule has 6 amide bonds. The first-order valence-electron chi connectivity index (χ1n) is 23.9. The molecule has 376 valence electrons. The maximum absolute atomic E-state index is 14.6. The molecule has 0 bridgehead atoms. The van der Waals surface area contributed by atoms with Crippen molar-refractivity contribution in [2.24, 2.45) is 23.7 Å². The quantitative estimate of drug-likeness (QED) is 0.0801. The highest BCUT2D eigenvalue weighted by atomic mass is 16.7. The van der Waals surface area contributed by atoms with E-state index in [0.717, 1.165) is 5.56 Å². The van der Waals surface area contributed by atoms with E-state index in [1.807, 2.05) is 59.6 Å². The summed E-state index contributed by atoms with van der Waals surface area (Å²) in [6.45, 7) is 14.2. The van der Waals surface area contributed by atoms with Gasteiger partial charge in [-0.15, -0.1) is 5.06 Å². The Morgan fingerprint density at radius 1 is 0.851 bits per heavy atom. The fourth-order valence-electron chi connectivity index (χ4n) is 9.39. The molecule has 1 aromatic rings. The molecule has 2 heterocycles. The van der Waals surface area contributed by atoms with Crippen molar-refractivity contribution in [3.8, 4) is 0 Å². The summed E-state index contributed by atoms with van der Waals surface area (Å²) in [7, 11) is 6.52. The number of likely N-dealkylation sites (N-methyl/N-ethyl adjacent to an activating group) is 2. The molecule has 2 aliphatic rings. The second kappa shape index (κ2) is 27.2. The lowest BCUT2D eigenvalue weighted by Gasteiger charge is -2.41. The molecule has 0 spiro atoms. The van der Waals surface area contributed by atoms with Crippen molar-refractivity contribution in [1.82, 2.24) is 30.4 Å². The van der Waals surface area contributed by atoms with Gasteiger partial charge in [0.05, 0.1) is 42.7 Å². The number of methoxy groups -OCH3 is 2. The van der Waals surface area contributed by atoms with Crippen LogP contribution >= 0.6 is 0 Å². The normalized spacial score (nSPS) is 18.9. The number of likely N-dealkylation sites (tertiary alicyclic amines) is 1. The van der Waals surface area contributed by atoms with Gasteiger partial charge < -0.3 is 39.9 Å². The lowest BCUT2D eigenvalue weighted by atomic mass is 9.89. The number of ether oxygens (including phenoxy) is 2. The molecule has 3 unspecified atom stereocenters. The molecule has 0 aromatic heterocycles. The van der Waals surface area contributed by atoms with E-state index in [0.29, 0.717) is 56.7 Å². The van der Waals surface area contributed by atoms with Crippen LogP contribution in [0.1, 0.15) is 118 Å². The SMILES string of the molecule is CC[C@H](C)C([C@@H](CC(=O)N1CCC[C@@H]1[C@H](OC)[C@H](C)C(=O)NC(Cc1ccccc1)C(=O)O)OC)N(C)C(=O)[C@@H](NC(=O)C(C(C)C)N(C)CCCCCC(=O)ON1C(=O)CCC1=O)C(C)C. The first-order chi connectivity index (χ1) is 31.7. The zero-order valence-electron chi connectivity index (χ0n) is 41.7. The number of amides is 6. The Morgan fingerprint density at radius 3 is 2.04 bits per heavy atom. The van der Waals surface area contributed by atoms with Gasteiger partial charge in [-0.05, 0) is 62.6 Å². The summed E-state index contributed by atoms with van der Waals surface area (Å²) in [5, 5.41) is 16.2. The van der Waals surface area contributed by atoms with Gasteiger partial charge in [0.15, 0.2) is 0 Å². The van der Waals surface area contributed by atoms with Gasteiger partial charge in [0.1, 0.15) is 12.1 Å². The van der Waals surface area contributed by atoms with Gasteiger partial charge >= 0.3 is 11.9 Å². The van der Waals surface area contributed by atoms with Crippen LogP contribution in [0, 0.1) is 23.7 Å². The number of hydroxylamine groups is 2. The number of carboxylic acids is 1. The van der Waals surface area contributed by atoms with Crippen molar-refractivity contribution in [1.29, 1.82) is 0 Å². The predicted octanol–water partition coefficient (Wildman–Crippen LogP) is 3.98. The molecule has 3 rings (SSSR count). The molecular weight excluding hydrogens is 865 g/mol. The van der Waals surface area contributed by atoms with Gasteiger partial charge in [-0.3, -0.25) is 33.7 Å². The Labute approximate surface area is 397 Å². The van der Waals surface area contributed by atoms with Gasteiger partial charge in [0.25, 0.3) is 11.8 Å². The molecule has 9 atom stereocenters. The minimum absolute atomic E-state index is 0.0286. The number of rotatable bonds is 28. The Bertz CT molecular complexity index is 1810. The molecule has 2 fully saturated rings. The first-order valence-corrected chi connectivity index (χ1v) is 23.9. The van der Waals surface area contributed by atoms with Crippen molar-refractivity contribution in [2.75, 3.05) is 41.4 Å². The van der Waals surface area contributed by atoms with Crippen molar-refractivity contribution in [3.05, 3.63) is 35.9 Å². The largest absolute Gasteiger partial charge is 0.480 e. The van der Waals surface area contributed by atoms with E-state index in [4.69, 9.17) is 14.3 Å². The fourth-order valence-corrected chi connectivity index (χ4v) is 9.39. The highest BCUT2D eigenvalue weighted by Gasteiger charge is 2.44. The standard InChI is InChI=1S/C49H78N6O12/c1-12-32(6)44(37(65-10)29-40(58)54-27-19-22-36(54)45(66-11)33(7)46(60)50-35(49(63)64)28-34-20-15-13-16-21-34)53(9)48(62)42(30(2)3)51-47(61)43(31(4)5)52(8)26-18-14-17-23-41(59)67-55-38(56)24-25-39(55)57/h13,15-16,20-21,30-33,35-37,42-45H,12,14,17-19,22-29H2,1-11H3,(H,50,60)(H,51,61)(H,63,64)/t32-,33-,35?,36+,37+,42-,43?,44?,45+/m0/s1. The van der Waals surface area contributed by atoms with Gasteiger partial charge in [0.2, 0.25) is 23.6 Å². The van der Waals surface area contributed by atoms with E-state index in [2.05, 4.69) is 10.6 Å². The zero-order chi connectivity index (χ0) is 50.1. The molecule has 18 heteroatoms. The van der Waals surface area contributed by atoms with Crippen LogP contribution in [0.15, 0.2) is 30.3 Å². The average Bonchev–Trinajstić information content (AvgIpc) is 3.90. The number of benzene rings is 1. The number of hydrogen-bond donors (Lipinski definition) is 3. The highest BCUT2D eigenvalue weighted by molar-refractivity contribution is 6.01. The third-order valence-corrected chi connectivity index (χ3v) is 13.4. The minimum atomic E-state index is -1.16. The van der Waals surface area contributed by atoms with Crippen LogP contribution in [-0.2, 0) is 59.1 Å². The van der Waals surface area contributed by atoms with Crippen molar-refractivity contribution >= 4 is 47.4 Å². The molecule has 0 aliphatic carbocycles. The smallest absolute Gasteiger partial charge is 0.333 e. The summed E-state index contributed by atoms with van der Waals surface area (Å²) in [4.78, 5) is 115. The first kappa shape index (κ1) is 56.4. The molecule has 0 radical (unpaired) electrons. The van der Waals surface area contributed by atoms with E-state index < -0.39 is 78.0 Å². The Balaban J connectivity index is 1.68. The van der Waals surface area contributed by atoms with Crippen LogP contribution in [0.2, 0.25) is 0 Å². The number of aliphatic carboxylic acids is 1.